The van der Waals surface area contributed by atoms with Gasteiger partial charge in [0.15, 0.2) is 0 Å². The van der Waals surface area contributed by atoms with Crippen molar-refractivity contribution in [2.24, 2.45) is 5.41 Å². The molecule has 1 aromatic carbocycles. The molecule has 2 saturated heterocycles. The number of ether oxygens (including phenoxy) is 2. The molecule has 1 aromatic rings. The summed E-state index contributed by atoms with van der Waals surface area (Å²) in [5.41, 5.74) is 2.86. The van der Waals surface area contributed by atoms with Gasteiger partial charge in [0.1, 0.15) is 5.75 Å². The lowest BCUT2D eigenvalue weighted by atomic mass is 9.52. The minimum absolute atomic E-state index is 0.0455. The highest BCUT2D eigenvalue weighted by molar-refractivity contribution is 5.74. The van der Waals surface area contributed by atoms with E-state index in [1.54, 1.807) is 7.11 Å². The topological polar surface area (TPSA) is 42.0 Å². The van der Waals surface area contributed by atoms with Crippen LogP contribution < -0.4 is 9.64 Å². The molecule has 3 fully saturated rings. The number of carbonyl (C=O) groups excluding carboxylic acids is 1. The summed E-state index contributed by atoms with van der Waals surface area (Å²) in [5, 5.41) is 0. The number of methoxy groups -OCH3 is 2. The Kier molecular flexibility index (Phi) is 3.77. The zero-order chi connectivity index (χ0) is 18.8. The molecule has 0 aromatic heterocycles. The van der Waals surface area contributed by atoms with Crippen LogP contribution in [0.1, 0.15) is 44.1 Å². The van der Waals surface area contributed by atoms with Crippen molar-refractivity contribution < 1.29 is 14.3 Å². The second-order valence-corrected chi connectivity index (χ2v) is 8.97. The van der Waals surface area contributed by atoms with Crippen molar-refractivity contribution in [3.05, 3.63) is 23.8 Å². The maximum Gasteiger partial charge on any atom is 0.306 e. The van der Waals surface area contributed by atoms with E-state index >= 15 is 0 Å². The fourth-order valence-electron chi connectivity index (χ4n) is 7.37. The molecule has 27 heavy (non-hydrogen) atoms. The molecule has 0 amide bonds. The zero-order valence-electron chi connectivity index (χ0n) is 16.7. The lowest BCUT2D eigenvalue weighted by Crippen LogP contribution is -2.64. The SMILES string of the molecule is COC(=O)C[C@@]12CCCN3CC[C@]4(c5cccc(OC)c5N(C)[C@@H]4CC1)[C@H]32. The number of rotatable bonds is 3. The standard InChI is InChI=1S/C22H30N2O3/c1-23-17-8-10-21(14-18(25)27-3)9-5-12-24-13-11-22(17,20(21)24)15-6-4-7-16(26-2)19(15)23/h4,6-7,17,20H,5,8-14H2,1-3H3/t17-,20-,21-,22-/m1/s1. The van der Waals surface area contributed by atoms with Gasteiger partial charge in [0.05, 0.1) is 26.3 Å². The van der Waals surface area contributed by atoms with Crippen molar-refractivity contribution in [1.82, 2.24) is 4.90 Å². The fourth-order valence-corrected chi connectivity index (χ4v) is 7.37. The first-order valence-electron chi connectivity index (χ1n) is 10.3. The summed E-state index contributed by atoms with van der Waals surface area (Å²) in [6.45, 7) is 2.29. The Morgan fingerprint density at radius 1 is 1.22 bits per heavy atom. The van der Waals surface area contributed by atoms with E-state index in [4.69, 9.17) is 9.47 Å². The zero-order valence-corrected chi connectivity index (χ0v) is 16.7. The second kappa shape index (κ2) is 5.87. The van der Waals surface area contributed by atoms with Gasteiger partial charge in [0, 0.05) is 24.5 Å². The highest BCUT2D eigenvalue weighted by Gasteiger charge is 2.68. The smallest absolute Gasteiger partial charge is 0.306 e. The average Bonchev–Trinajstić information content (AvgIpc) is 3.20. The Hall–Kier alpha value is -1.75. The van der Waals surface area contributed by atoms with Crippen LogP contribution in [0.5, 0.6) is 5.75 Å². The number of anilines is 1. The van der Waals surface area contributed by atoms with Crippen LogP contribution in [0.2, 0.25) is 0 Å². The number of hydrogen-bond acceptors (Lipinski definition) is 5. The minimum atomic E-state index is -0.0467. The van der Waals surface area contributed by atoms with Gasteiger partial charge in [-0.1, -0.05) is 12.1 Å². The highest BCUT2D eigenvalue weighted by atomic mass is 16.5. The molecule has 0 bridgehead atoms. The predicted octanol–water partition coefficient (Wildman–Crippen LogP) is 2.96. The number of benzene rings is 1. The predicted molar refractivity (Wildman–Crippen MR) is 104 cm³/mol. The van der Waals surface area contributed by atoms with Crippen LogP contribution in [-0.2, 0) is 14.9 Å². The summed E-state index contributed by atoms with van der Waals surface area (Å²) < 4.78 is 10.9. The summed E-state index contributed by atoms with van der Waals surface area (Å²) in [7, 11) is 5.53. The number of carbonyl (C=O) groups is 1. The van der Waals surface area contributed by atoms with E-state index < -0.39 is 0 Å². The van der Waals surface area contributed by atoms with Crippen molar-refractivity contribution in [1.29, 1.82) is 0 Å². The van der Waals surface area contributed by atoms with Crippen molar-refractivity contribution in [3.63, 3.8) is 0 Å². The summed E-state index contributed by atoms with van der Waals surface area (Å²) in [6, 6.07) is 7.46. The molecule has 5 heteroatoms. The number of likely N-dealkylation sites (N-methyl/N-ethyl adjacent to an activating group) is 1. The second-order valence-electron chi connectivity index (χ2n) is 8.97. The van der Waals surface area contributed by atoms with E-state index in [0.29, 0.717) is 18.5 Å². The molecule has 0 radical (unpaired) electrons. The molecule has 4 atom stereocenters. The summed E-state index contributed by atoms with van der Waals surface area (Å²) in [6.07, 6.45) is 6.31. The Labute approximate surface area is 161 Å². The van der Waals surface area contributed by atoms with E-state index in [2.05, 4.69) is 35.0 Å². The molecule has 5 rings (SSSR count). The number of hydrogen-bond donors (Lipinski definition) is 0. The van der Waals surface area contributed by atoms with Crippen LogP contribution in [-0.4, -0.2) is 57.3 Å². The Morgan fingerprint density at radius 2 is 2.07 bits per heavy atom. The Balaban J connectivity index is 1.69. The van der Waals surface area contributed by atoms with Crippen molar-refractivity contribution in [2.75, 3.05) is 39.3 Å². The Morgan fingerprint density at radius 3 is 2.85 bits per heavy atom. The summed E-state index contributed by atoms with van der Waals surface area (Å²) in [4.78, 5) is 17.6. The quantitative estimate of drug-likeness (QED) is 0.765. The largest absolute Gasteiger partial charge is 0.495 e. The number of esters is 1. The van der Waals surface area contributed by atoms with Gasteiger partial charge in [-0.2, -0.15) is 0 Å². The Bertz CT molecular complexity index is 781. The number of nitrogens with zero attached hydrogens (tertiary/aromatic N) is 2. The van der Waals surface area contributed by atoms with Gasteiger partial charge < -0.3 is 14.4 Å². The van der Waals surface area contributed by atoms with Crippen LogP contribution in [0, 0.1) is 5.41 Å². The molecule has 3 heterocycles. The molecular weight excluding hydrogens is 340 g/mol. The molecule has 0 unspecified atom stereocenters. The molecule has 3 aliphatic heterocycles. The first-order chi connectivity index (χ1) is 13.1. The molecule has 5 nitrogen and oxygen atoms in total. The molecule has 0 N–H and O–H groups in total. The highest BCUT2D eigenvalue weighted by Crippen LogP contribution is 2.66. The molecule has 146 valence electrons. The molecular formula is C22H30N2O3. The first-order valence-corrected chi connectivity index (χ1v) is 10.3. The van der Waals surface area contributed by atoms with E-state index in [9.17, 15) is 4.79 Å². The van der Waals surface area contributed by atoms with E-state index in [0.717, 1.165) is 38.1 Å². The van der Waals surface area contributed by atoms with Crippen LogP contribution in [0.3, 0.4) is 0 Å². The van der Waals surface area contributed by atoms with E-state index in [-0.39, 0.29) is 16.8 Å². The third-order valence-electron chi connectivity index (χ3n) is 8.14. The molecule has 1 aliphatic carbocycles. The van der Waals surface area contributed by atoms with Crippen LogP contribution in [0.15, 0.2) is 18.2 Å². The van der Waals surface area contributed by atoms with Gasteiger partial charge in [-0.25, -0.2) is 0 Å². The van der Waals surface area contributed by atoms with Crippen molar-refractivity contribution in [3.8, 4) is 5.75 Å². The fraction of sp³-hybridized carbons (Fsp3) is 0.682. The first kappa shape index (κ1) is 17.4. The van der Waals surface area contributed by atoms with Crippen molar-refractivity contribution >= 4 is 11.7 Å². The van der Waals surface area contributed by atoms with Crippen LogP contribution in [0.25, 0.3) is 0 Å². The van der Waals surface area contributed by atoms with Crippen molar-refractivity contribution in [2.45, 2.75) is 56.0 Å². The molecule has 4 aliphatic rings. The number of piperidine rings is 1. The van der Waals surface area contributed by atoms with Gasteiger partial charge in [-0.3, -0.25) is 9.69 Å². The monoisotopic (exact) mass is 370 g/mol. The van der Waals surface area contributed by atoms with E-state index in [1.807, 2.05) is 0 Å². The van der Waals surface area contributed by atoms with Gasteiger partial charge in [-0.15, -0.1) is 0 Å². The van der Waals surface area contributed by atoms with Crippen LogP contribution in [0.4, 0.5) is 5.69 Å². The molecule has 1 saturated carbocycles. The molecule has 1 spiro atoms. The van der Waals surface area contributed by atoms with Crippen LogP contribution >= 0.6 is 0 Å². The lowest BCUT2D eigenvalue weighted by molar-refractivity contribution is -0.148. The number of para-hydroxylation sites is 1. The maximum atomic E-state index is 12.4. The normalized spacial score (nSPS) is 36.8. The lowest BCUT2D eigenvalue weighted by Gasteiger charge is -2.58. The van der Waals surface area contributed by atoms with Gasteiger partial charge in [-0.05, 0) is 62.2 Å². The minimum Gasteiger partial charge on any atom is -0.495 e. The third-order valence-corrected chi connectivity index (χ3v) is 8.14. The third kappa shape index (κ3) is 2.06. The maximum absolute atomic E-state index is 12.4. The van der Waals surface area contributed by atoms with Gasteiger partial charge in [0.25, 0.3) is 0 Å². The van der Waals surface area contributed by atoms with E-state index in [1.165, 1.54) is 31.2 Å². The summed E-state index contributed by atoms with van der Waals surface area (Å²) in [5.74, 6) is 0.932. The summed E-state index contributed by atoms with van der Waals surface area (Å²) >= 11 is 0. The van der Waals surface area contributed by atoms with Gasteiger partial charge in [0.2, 0.25) is 0 Å². The van der Waals surface area contributed by atoms with Gasteiger partial charge >= 0.3 is 5.97 Å². The average molecular weight is 370 g/mol. The number of fused-ring (bicyclic) bond motifs is 1.